The Labute approximate surface area is 182 Å². The van der Waals surface area contributed by atoms with Gasteiger partial charge in [0, 0.05) is 65.7 Å². The fourth-order valence-electron chi connectivity index (χ4n) is 4.18. The average Bonchev–Trinajstić information content (AvgIpc) is 2.81. The van der Waals surface area contributed by atoms with Gasteiger partial charge in [-0.05, 0) is 56.3 Å². The first-order valence-corrected chi connectivity index (χ1v) is 11.7. The predicted octanol–water partition coefficient (Wildman–Crippen LogP) is 2.44. The van der Waals surface area contributed by atoms with Crippen molar-refractivity contribution in [1.29, 1.82) is 0 Å². The van der Waals surface area contributed by atoms with E-state index in [1.165, 1.54) is 24.8 Å². The maximum atomic E-state index is 5.48. The molecule has 3 heterocycles. The Bertz CT molecular complexity index is 653. The predicted molar refractivity (Wildman–Crippen MR) is 124 cm³/mol. The van der Waals surface area contributed by atoms with Crippen LogP contribution in [0.15, 0.2) is 23.3 Å². The van der Waals surface area contributed by atoms with Crippen LogP contribution in [0.4, 0.5) is 5.82 Å². The second-order valence-electron chi connectivity index (χ2n) is 8.38. The molecule has 0 amide bonds. The monoisotopic (exact) mass is 416 g/mol. The average molecular weight is 417 g/mol. The maximum Gasteiger partial charge on any atom is 0.193 e. The summed E-state index contributed by atoms with van der Waals surface area (Å²) in [6, 6.07) is 4.29. The molecule has 2 aliphatic heterocycles. The second kappa shape index (κ2) is 12.1. The second-order valence-corrected chi connectivity index (χ2v) is 8.38. The Morgan fingerprint density at radius 3 is 2.70 bits per heavy atom. The summed E-state index contributed by atoms with van der Waals surface area (Å²) in [7, 11) is 2.14. The fraction of sp³-hybridized carbons (Fsp3) is 0.739. The minimum atomic E-state index is 0.675. The third-order valence-corrected chi connectivity index (χ3v) is 6.27. The lowest BCUT2D eigenvalue weighted by Gasteiger charge is -2.34. The third kappa shape index (κ3) is 6.84. The van der Waals surface area contributed by atoms with Gasteiger partial charge in [0.2, 0.25) is 0 Å². The molecule has 2 fully saturated rings. The van der Waals surface area contributed by atoms with E-state index in [9.17, 15) is 0 Å². The number of rotatable bonds is 8. The van der Waals surface area contributed by atoms with Crippen LogP contribution in [0.3, 0.4) is 0 Å². The van der Waals surface area contributed by atoms with Crippen molar-refractivity contribution in [2.75, 3.05) is 71.0 Å². The van der Waals surface area contributed by atoms with Crippen molar-refractivity contribution in [2.24, 2.45) is 10.9 Å². The van der Waals surface area contributed by atoms with Gasteiger partial charge in [0.1, 0.15) is 5.82 Å². The van der Waals surface area contributed by atoms with Crippen molar-refractivity contribution in [3.05, 3.63) is 23.9 Å². The quantitative estimate of drug-likeness (QED) is 0.519. The van der Waals surface area contributed by atoms with E-state index in [-0.39, 0.29) is 0 Å². The molecule has 0 unspecified atom stereocenters. The normalized spacial score (nSPS) is 19.2. The van der Waals surface area contributed by atoms with Gasteiger partial charge in [-0.15, -0.1) is 0 Å². The molecule has 7 heteroatoms. The van der Waals surface area contributed by atoms with Crippen LogP contribution in [0.25, 0.3) is 0 Å². The van der Waals surface area contributed by atoms with E-state index in [0.29, 0.717) is 6.54 Å². The number of pyridine rings is 1. The minimum Gasteiger partial charge on any atom is -0.381 e. The van der Waals surface area contributed by atoms with Gasteiger partial charge in [0.15, 0.2) is 5.96 Å². The fourth-order valence-corrected chi connectivity index (χ4v) is 4.18. The number of guanidine groups is 1. The molecule has 1 N–H and O–H groups in total. The van der Waals surface area contributed by atoms with Gasteiger partial charge in [-0.1, -0.05) is 6.92 Å². The highest BCUT2D eigenvalue weighted by molar-refractivity contribution is 5.79. The van der Waals surface area contributed by atoms with Crippen LogP contribution in [0.1, 0.15) is 38.7 Å². The molecule has 0 aromatic carbocycles. The van der Waals surface area contributed by atoms with Crippen LogP contribution in [-0.2, 0) is 11.3 Å². The van der Waals surface area contributed by atoms with Crippen molar-refractivity contribution >= 4 is 11.8 Å². The maximum absolute atomic E-state index is 5.48. The molecule has 1 aromatic heterocycles. The van der Waals surface area contributed by atoms with Crippen LogP contribution in [-0.4, -0.2) is 86.8 Å². The topological polar surface area (TPSA) is 56.2 Å². The number of nitrogens with one attached hydrogen (secondary N) is 1. The van der Waals surface area contributed by atoms with Crippen LogP contribution >= 0.6 is 0 Å². The summed E-state index contributed by atoms with van der Waals surface area (Å²) in [6.45, 7) is 14.2. The molecule has 0 aliphatic carbocycles. The standard InChI is InChI=1S/C23H40N6O/c1-4-24-23(27(3)11-7-20-8-16-30-17-9-20)26-19-21-6-10-25-22(18-21)29-14-12-28(5-2)13-15-29/h6,10,18,20H,4-5,7-9,11-17,19H2,1-3H3,(H,24,26). The van der Waals surface area contributed by atoms with Crippen LogP contribution < -0.4 is 10.2 Å². The summed E-state index contributed by atoms with van der Waals surface area (Å²) in [6.07, 6.45) is 5.50. The summed E-state index contributed by atoms with van der Waals surface area (Å²) in [4.78, 5) is 16.7. The van der Waals surface area contributed by atoms with Gasteiger partial charge >= 0.3 is 0 Å². The molecule has 0 bridgehead atoms. The molecular weight excluding hydrogens is 376 g/mol. The van der Waals surface area contributed by atoms with Crippen LogP contribution in [0, 0.1) is 5.92 Å². The highest BCUT2D eigenvalue weighted by Crippen LogP contribution is 2.19. The number of hydrogen-bond acceptors (Lipinski definition) is 5. The van der Waals surface area contributed by atoms with Crippen LogP contribution in [0.5, 0.6) is 0 Å². The number of aliphatic imine (C=N–C) groups is 1. The SMILES string of the molecule is CCNC(=NCc1ccnc(N2CCN(CC)CC2)c1)N(C)CCC1CCOCC1. The number of piperazine rings is 1. The summed E-state index contributed by atoms with van der Waals surface area (Å²) in [5.41, 5.74) is 1.21. The minimum absolute atomic E-state index is 0.675. The van der Waals surface area contributed by atoms with Gasteiger partial charge < -0.3 is 24.8 Å². The zero-order chi connectivity index (χ0) is 21.2. The number of aromatic nitrogens is 1. The summed E-state index contributed by atoms with van der Waals surface area (Å²) < 4.78 is 5.48. The van der Waals surface area contributed by atoms with Crippen molar-refractivity contribution in [3.8, 4) is 0 Å². The number of ether oxygens (including phenoxy) is 1. The van der Waals surface area contributed by atoms with E-state index in [1.807, 2.05) is 6.20 Å². The van der Waals surface area contributed by atoms with Crippen molar-refractivity contribution in [3.63, 3.8) is 0 Å². The molecule has 2 saturated heterocycles. The van der Waals surface area contributed by atoms with E-state index >= 15 is 0 Å². The summed E-state index contributed by atoms with van der Waals surface area (Å²) in [5, 5.41) is 3.45. The van der Waals surface area contributed by atoms with Gasteiger partial charge in [-0.25, -0.2) is 9.98 Å². The number of likely N-dealkylation sites (N-methyl/N-ethyl adjacent to an activating group) is 1. The lowest BCUT2D eigenvalue weighted by Crippen LogP contribution is -2.46. The molecule has 0 spiro atoms. The van der Waals surface area contributed by atoms with Gasteiger partial charge in [-0.2, -0.15) is 0 Å². The molecule has 1 aromatic rings. The van der Waals surface area contributed by atoms with Crippen LogP contribution in [0.2, 0.25) is 0 Å². The summed E-state index contributed by atoms with van der Waals surface area (Å²) >= 11 is 0. The smallest absolute Gasteiger partial charge is 0.193 e. The Balaban J connectivity index is 1.55. The number of anilines is 1. The molecule has 168 valence electrons. The van der Waals surface area contributed by atoms with Crippen molar-refractivity contribution < 1.29 is 4.74 Å². The molecule has 30 heavy (non-hydrogen) atoms. The number of hydrogen-bond donors (Lipinski definition) is 1. The first-order chi connectivity index (χ1) is 14.7. The Morgan fingerprint density at radius 2 is 2.00 bits per heavy atom. The van der Waals surface area contributed by atoms with Gasteiger partial charge in [0.05, 0.1) is 6.54 Å². The van der Waals surface area contributed by atoms with E-state index in [1.54, 1.807) is 0 Å². The Hall–Kier alpha value is -1.86. The Kier molecular flexibility index (Phi) is 9.21. The third-order valence-electron chi connectivity index (χ3n) is 6.27. The lowest BCUT2D eigenvalue weighted by atomic mass is 9.96. The first kappa shape index (κ1) is 22.8. The van der Waals surface area contributed by atoms with E-state index in [2.05, 4.69) is 58.0 Å². The zero-order valence-corrected chi connectivity index (χ0v) is 19.1. The Morgan fingerprint density at radius 1 is 1.23 bits per heavy atom. The molecule has 0 saturated carbocycles. The molecule has 7 nitrogen and oxygen atoms in total. The largest absolute Gasteiger partial charge is 0.381 e. The van der Waals surface area contributed by atoms with E-state index < -0.39 is 0 Å². The molecule has 0 atom stereocenters. The van der Waals surface area contributed by atoms with E-state index in [0.717, 1.165) is 76.7 Å². The first-order valence-electron chi connectivity index (χ1n) is 11.7. The van der Waals surface area contributed by atoms with Crippen molar-refractivity contribution in [1.82, 2.24) is 20.1 Å². The molecule has 3 rings (SSSR count). The molecule has 0 radical (unpaired) electrons. The summed E-state index contributed by atoms with van der Waals surface area (Å²) in [5.74, 6) is 2.84. The molecular formula is C23H40N6O. The zero-order valence-electron chi connectivity index (χ0n) is 19.1. The lowest BCUT2D eigenvalue weighted by molar-refractivity contribution is 0.0625. The van der Waals surface area contributed by atoms with E-state index in [4.69, 9.17) is 9.73 Å². The van der Waals surface area contributed by atoms with Gasteiger partial charge in [0.25, 0.3) is 0 Å². The van der Waals surface area contributed by atoms with Crippen molar-refractivity contribution in [2.45, 2.75) is 39.7 Å². The number of nitrogens with zero attached hydrogens (tertiary/aromatic N) is 5. The highest BCUT2D eigenvalue weighted by Gasteiger charge is 2.17. The van der Waals surface area contributed by atoms with Gasteiger partial charge in [-0.3, -0.25) is 0 Å². The highest BCUT2D eigenvalue weighted by atomic mass is 16.5. The molecule has 2 aliphatic rings.